The maximum Gasteiger partial charge on any atom is 0.181 e. The van der Waals surface area contributed by atoms with Crippen LogP contribution in [0.3, 0.4) is 0 Å². The first-order valence-electron chi connectivity index (χ1n) is 3.60. The molecule has 0 spiro atoms. The van der Waals surface area contributed by atoms with Crippen LogP contribution in [-0.2, 0) is 0 Å². The van der Waals surface area contributed by atoms with Crippen molar-refractivity contribution in [3.63, 3.8) is 0 Å². The summed E-state index contributed by atoms with van der Waals surface area (Å²) in [5.41, 5.74) is 7.31. The molecule has 68 valence electrons. The first-order chi connectivity index (χ1) is 6.09. The van der Waals surface area contributed by atoms with Crippen molar-refractivity contribution in [1.82, 2.24) is 4.98 Å². The third-order valence-corrected chi connectivity index (χ3v) is 3.55. The molecule has 1 heterocycles. The second-order valence-electron chi connectivity index (χ2n) is 2.70. The molecule has 0 unspecified atom stereocenters. The van der Waals surface area contributed by atoms with Gasteiger partial charge in [0, 0.05) is 5.02 Å². The molecule has 0 amide bonds. The quantitative estimate of drug-likeness (QED) is 0.756. The average molecular weight is 233 g/mol. The van der Waals surface area contributed by atoms with E-state index in [0.717, 1.165) is 15.8 Å². The number of hydrogen-bond donors (Lipinski definition) is 1. The second-order valence-corrected chi connectivity index (χ2v) is 4.54. The molecular weight excluding hydrogens is 227 g/mol. The zero-order valence-electron chi connectivity index (χ0n) is 6.77. The fraction of sp³-hybridized carbons (Fsp3) is 0.125. The Hall–Kier alpha value is -0.510. The summed E-state index contributed by atoms with van der Waals surface area (Å²) < 4.78 is 0.904. The van der Waals surface area contributed by atoms with Gasteiger partial charge in [-0.15, -0.1) is 0 Å². The number of anilines is 1. The normalized spacial score (nSPS) is 11.0. The first-order valence-corrected chi connectivity index (χ1v) is 5.17. The molecule has 0 saturated heterocycles. The van der Waals surface area contributed by atoms with E-state index < -0.39 is 0 Å². The van der Waals surface area contributed by atoms with E-state index in [9.17, 15) is 0 Å². The lowest BCUT2D eigenvalue weighted by Crippen LogP contribution is -1.82. The van der Waals surface area contributed by atoms with Crippen LogP contribution in [0.25, 0.3) is 10.2 Å². The van der Waals surface area contributed by atoms with E-state index in [1.807, 2.05) is 6.92 Å². The topological polar surface area (TPSA) is 38.9 Å². The van der Waals surface area contributed by atoms with Crippen molar-refractivity contribution < 1.29 is 0 Å². The average Bonchev–Trinajstić information content (AvgIpc) is 2.44. The third-order valence-electron chi connectivity index (χ3n) is 1.83. The highest BCUT2D eigenvalue weighted by molar-refractivity contribution is 7.22. The van der Waals surface area contributed by atoms with Crippen LogP contribution < -0.4 is 5.73 Å². The molecule has 0 fully saturated rings. The highest BCUT2D eigenvalue weighted by Gasteiger charge is 2.10. The summed E-state index contributed by atoms with van der Waals surface area (Å²) in [6.07, 6.45) is 0. The van der Waals surface area contributed by atoms with Gasteiger partial charge in [-0.3, -0.25) is 0 Å². The lowest BCUT2D eigenvalue weighted by atomic mass is 10.2. The minimum absolute atomic E-state index is 0.516. The summed E-state index contributed by atoms with van der Waals surface area (Å²) in [4.78, 5) is 4.16. The van der Waals surface area contributed by atoms with Crippen molar-refractivity contribution in [3.05, 3.63) is 21.7 Å². The number of aromatic nitrogens is 1. The number of halogens is 2. The Kier molecular flexibility index (Phi) is 2.10. The molecule has 0 saturated carbocycles. The van der Waals surface area contributed by atoms with E-state index >= 15 is 0 Å². The molecular formula is C8H6Cl2N2S. The Balaban J connectivity index is 2.95. The molecule has 1 aromatic carbocycles. The van der Waals surface area contributed by atoms with Crippen LogP contribution in [0.2, 0.25) is 10.0 Å². The van der Waals surface area contributed by atoms with E-state index in [-0.39, 0.29) is 0 Å². The van der Waals surface area contributed by atoms with Crippen LogP contribution in [0, 0.1) is 6.92 Å². The van der Waals surface area contributed by atoms with E-state index in [2.05, 4.69) is 4.98 Å². The second kappa shape index (κ2) is 3.01. The number of thiazole rings is 1. The Morgan fingerprint density at radius 3 is 2.77 bits per heavy atom. The molecule has 2 aromatic rings. The molecule has 0 aliphatic heterocycles. The van der Waals surface area contributed by atoms with Crippen LogP contribution in [0.4, 0.5) is 5.13 Å². The van der Waals surface area contributed by atoms with Crippen molar-refractivity contribution in [2.45, 2.75) is 6.92 Å². The first kappa shape index (κ1) is 9.06. The predicted octanol–water partition coefficient (Wildman–Crippen LogP) is 3.49. The number of aryl methyl sites for hydroxylation is 1. The van der Waals surface area contributed by atoms with E-state index in [1.54, 1.807) is 6.07 Å². The maximum absolute atomic E-state index is 5.98. The molecule has 2 N–H and O–H groups in total. The Morgan fingerprint density at radius 2 is 2.08 bits per heavy atom. The number of rotatable bonds is 0. The Bertz CT molecular complexity index is 478. The summed E-state index contributed by atoms with van der Waals surface area (Å²) in [5, 5.41) is 1.75. The van der Waals surface area contributed by atoms with Crippen LogP contribution in [0.15, 0.2) is 6.07 Å². The van der Waals surface area contributed by atoms with Gasteiger partial charge in [0.2, 0.25) is 0 Å². The molecule has 2 nitrogen and oxygen atoms in total. The van der Waals surface area contributed by atoms with E-state index in [1.165, 1.54) is 11.3 Å². The number of benzene rings is 1. The van der Waals surface area contributed by atoms with Crippen LogP contribution in [0.5, 0.6) is 0 Å². The number of hydrogen-bond acceptors (Lipinski definition) is 3. The van der Waals surface area contributed by atoms with Crippen molar-refractivity contribution >= 4 is 49.9 Å². The van der Waals surface area contributed by atoms with E-state index in [0.29, 0.717) is 15.2 Å². The third kappa shape index (κ3) is 1.37. The largest absolute Gasteiger partial charge is 0.375 e. The van der Waals surface area contributed by atoms with Crippen LogP contribution in [0.1, 0.15) is 5.56 Å². The standard InChI is InChI=1S/C8H6Cl2N2S/c1-3-4(9)2-5(10)7-6(3)12-8(11)13-7/h2H,1H3,(H2,11,12). The fourth-order valence-electron chi connectivity index (χ4n) is 1.15. The van der Waals surface area contributed by atoms with Gasteiger partial charge >= 0.3 is 0 Å². The van der Waals surface area contributed by atoms with Gasteiger partial charge in [0.05, 0.1) is 15.2 Å². The zero-order chi connectivity index (χ0) is 9.59. The molecule has 0 aliphatic carbocycles. The van der Waals surface area contributed by atoms with Gasteiger partial charge in [0.15, 0.2) is 5.13 Å². The molecule has 1 aromatic heterocycles. The molecule has 0 radical (unpaired) electrons. The Morgan fingerprint density at radius 1 is 1.38 bits per heavy atom. The van der Waals surface area contributed by atoms with Gasteiger partial charge in [0.1, 0.15) is 0 Å². The van der Waals surface area contributed by atoms with Crippen molar-refractivity contribution in [2.24, 2.45) is 0 Å². The highest BCUT2D eigenvalue weighted by Crippen LogP contribution is 2.36. The molecule has 0 aliphatic rings. The maximum atomic E-state index is 5.98. The van der Waals surface area contributed by atoms with Gasteiger partial charge in [0.25, 0.3) is 0 Å². The number of nitrogen functional groups attached to an aromatic ring is 1. The van der Waals surface area contributed by atoms with Gasteiger partial charge in [-0.1, -0.05) is 34.5 Å². The summed E-state index contributed by atoms with van der Waals surface area (Å²) in [7, 11) is 0. The minimum Gasteiger partial charge on any atom is -0.375 e. The lowest BCUT2D eigenvalue weighted by molar-refractivity contribution is 1.43. The number of fused-ring (bicyclic) bond motifs is 1. The molecule has 0 bridgehead atoms. The number of nitrogens with two attached hydrogens (primary N) is 1. The zero-order valence-corrected chi connectivity index (χ0v) is 9.09. The SMILES string of the molecule is Cc1c(Cl)cc(Cl)c2sc(N)nc12. The van der Waals surface area contributed by atoms with Crippen molar-refractivity contribution in [1.29, 1.82) is 0 Å². The summed E-state index contributed by atoms with van der Waals surface area (Å²) in [6.45, 7) is 1.90. The lowest BCUT2D eigenvalue weighted by Gasteiger charge is -1.99. The molecule has 13 heavy (non-hydrogen) atoms. The monoisotopic (exact) mass is 232 g/mol. The minimum atomic E-state index is 0.516. The summed E-state index contributed by atoms with van der Waals surface area (Å²) in [6, 6.07) is 1.72. The molecule has 5 heteroatoms. The van der Waals surface area contributed by atoms with Crippen LogP contribution >= 0.6 is 34.5 Å². The van der Waals surface area contributed by atoms with Gasteiger partial charge in [-0.05, 0) is 18.6 Å². The van der Waals surface area contributed by atoms with Gasteiger partial charge < -0.3 is 5.73 Å². The smallest absolute Gasteiger partial charge is 0.181 e. The highest BCUT2D eigenvalue weighted by atomic mass is 35.5. The van der Waals surface area contributed by atoms with Gasteiger partial charge in [-0.25, -0.2) is 4.98 Å². The molecule has 0 atom stereocenters. The Labute approximate surface area is 89.3 Å². The van der Waals surface area contributed by atoms with E-state index in [4.69, 9.17) is 28.9 Å². The molecule has 2 rings (SSSR count). The predicted molar refractivity (Wildman–Crippen MR) is 58.8 cm³/mol. The van der Waals surface area contributed by atoms with Crippen molar-refractivity contribution in [3.8, 4) is 0 Å². The number of nitrogens with zero attached hydrogens (tertiary/aromatic N) is 1. The van der Waals surface area contributed by atoms with Crippen LogP contribution in [-0.4, -0.2) is 4.98 Å². The van der Waals surface area contributed by atoms with Gasteiger partial charge in [-0.2, -0.15) is 0 Å². The van der Waals surface area contributed by atoms with Crippen molar-refractivity contribution in [2.75, 3.05) is 5.73 Å². The summed E-state index contributed by atoms with van der Waals surface area (Å²) >= 11 is 13.3. The fourth-order valence-corrected chi connectivity index (χ4v) is 2.52. The summed E-state index contributed by atoms with van der Waals surface area (Å²) in [5.74, 6) is 0.